The van der Waals surface area contributed by atoms with Crippen LogP contribution in [0, 0.1) is 0 Å². The highest BCUT2D eigenvalue weighted by atomic mass is 35.5. The molecule has 88 valence electrons. The summed E-state index contributed by atoms with van der Waals surface area (Å²) in [6.45, 7) is 5.85. The van der Waals surface area contributed by atoms with Gasteiger partial charge in [0.25, 0.3) is 0 Å². The molecule has 0 fully saturated rings. The van der Waals surface area contributed by atoms with E-state index in [0.717, 1.165) is 12.1 Å². The van der Waals surface area contributed by atoms with Crippen LogP contribution in [-0.4, -0.2) is 29.7 Å². The number of benzene rings is 1. The highest BCUT2D eigenvalue weighted by Gasteiger charge is 2.05. The van der Waals surface area contributed by atoms with Crippen LogP contribution in [0.15, 0.2) is 30.9 Å². The van der Waals surface area contributed by atoms with Crippen molar-refractivity contribution in [3.8, 4) is 0 Å². The van der Waals surface area contributed by atoms with Gasteiger partial charge in [0, 0.05) is 29.7 Å². The van der Waals surface area contributed by atoms with Gasteiger partial charge in [0.1, 0.15) is 0 Å². The molecular formula is C12H15Cl2NO. The number of hydrogen-bond acceptors (Lipinski definition) is 2. The maximum Gasteiger partial charge on any atom is 0.0558 e. The molecule has 0 heterocycles. The molecule has 0 unspecified atom stereocenters. The van der Waals surface area contributed by atoms with Gasteiger partial charge in [-0.05, 0) is 23.8 Å². The van der Waals surface area contributed by atoms with E-state index in [0.29, 0.717) is 23.1 Å². The second-order valence-corrected chi connectivity index (χ2v) is 4.40. The normalized spacial score (nSPS) is 10.8. The predicted octanol–water partition coefficient (Wildman–Crippen LogP) is 2.97. The summed E-state index contributed by atoms with van der Waals surface area (Å²) in [6.07, 6.45) is 1.81. The van der Waals surface area contributed by atoms with Crippen molar-refractivity contribution in [1.29, 1.82) is 0 Å². The Labute approximate surface area is 106 Å². The molecule has 0 aromatic heterocycles. The minimum Gasteiger partial charge on any atom is -0.395 e. The first kappa shape index (κ1) is 13.5. The molecule has 0 atom stereocenters. The minimum atomic E-state index is 0.127. The summed E-state index contributed by atoms with van der Waals surface area (Å²) in [7, 11) is 0. The average Bonchev–Trinajstić information content (AvgIpc) is 2.16. The number of rotatable bonds is 6. The molecule has 0 aliphatic carbocycles. The fraction of sp³-hybridized carbons (Fsp3) is 0.333. The van der Waals surface area contributed by atoms with Crippen LogP contribution in [0.2, 0.25) is 10.0 Å². The largest absolute Gasteiger partial charge is 0.395 e. The van der Waals surface area contributed by atoms with Gasteiger partial charge >= 0.3 is 0 Å². The molecule has 0 spiro atoms. The molecule has 1 N–H and O–H groups in total. The van der Waals surface area contributed by atoms with E-state index in [1.807, 2.05) is 18.2 Å². The Kier molecular flexibility index (Phi) is 5.85. The van der Waals surface area contributed by atoms with E-state index < -0.39 is 0 Å². The van der Waals surface area contributed by atoms with Crippen LogP contribution < -0.4 is 0 Å². The Morgan fingerprint density at radius 1 is 1.25 bits per heavy atom. The number of halogens is 2. The molecule has 0 saturated carbocycles. The van der Waals surface area contributed by atoms with Gasteiger partial charge in [-0.15, -0.1) is 6.58 Å². The number of nitrogens with zero attached hydrogens (tertiary/aromatic N) is 1. The zero-order valence-electron chi connectivity index (χ0n) is 9.00. The molecule has 0 bridgehead atoms. The van der Waals surface area contributed by atoms with Crippen LogP contribution in [-0.2, 0) is 6.54 Å². The van der Waals surface area contributed by atoms with Crippen molar-refractivity contribution < 1.29 is 5.11 Å². The smallest absolute Gasteiger partial charge is 0.0558 e. The van der Waals surface area contributed by atoms with Crippen LogP contribution in [0.3, 0.4) is 0 Å². The standard InChI is InChI=1S/C12H15Cl2NO/c1-2-3-15(4-5-16)9-10-6-11(13)8-12(14)7-10/h2,6-8,16H,1,3-5,9H2. The average molecular weight is 260 g/mol. The first-order valence-electron chi connectivity index (χ1n) is 5.04. The first-order chi connectivity index (χ1) is 7.65. The summed E-state index contributed by atoms with van der Waals surface area (Å²) in [5, 5.41) is 10.2. The lowest BCUT2D eigenvalue weighted by molar-refractivity contribution is 0.203. The first-order valence-corrected chi connectivity index (χ1v) is 5.80. The molecule has 0 amide bonds. The molecule has 0 saturated heterocycles. The lowest BCUT2D eigenvalue weighted by Crippen LogP contribution is -2.26. The third kappa shape index (κ3) is 4.54. The summed E-state index contributed by atoms with van der Waals surface area (Å²) >= 11 is 11.8. The summed E-state index contributed by atoms with van der Waals surface area (Å²) in [6, 6.07) is 5.46. The second kappa shape index (κ2) is 6.92. The highest BCUT2D eigenvalue weighted by molar-refractivity contribution is 6.34. The summed E-state index contributed by atoms with van der Waals surface area (Å²) in [5.41, 5.74) is 1.04. The van der Waals surface area contributed by atoms with E-state index in [4.69, 9.17) is 28.3 Å². The van der Waals surface area contributed by atoms with E-state index >= 15 is 0 Å². The van der Waals surface area contributed by atoms with Gasteiger partial charge in [0.2, 0.25) is 0 Å². The van der Waals surface area contributed by atoms with Crippen molar-refractivity contribution in [2.24, 2.45) is 0 Å². The summed E-state index contributed by atoms with van der Waals surface area (Å²) in [4.78, 5) is 2.06. The van der Waals surface area contributed by atoms with Crippen LogP contribution in [0.25, 0.3) is 0 Å². The molecule has 0 aliphatic rings. The molecule has 0 radical (unpaired) electrons. The van der Waals surface area contributed by atoms with Crippen molar-refractivity contribution in [2.75, 3.05) is 19.7 Å². The van der Waals surface area contributed by atoms with Crippen LogP contribution in [0.5, 0.6) is 0 Å². The molecule has 1 aromatic carbocycles. The highest BCUT2D eigenvalue weighted by Crippen LogP contribution is 2.20. The van der Waals surface area contributed by atoms with Gasteiger partial charge < -0.3 is 5.11 Å². The summed E-state index contributed by atoms with van der Waals surface area (Å²) < 4.78 is 0. The Morgan fingerprint density at radius 3 is 2.38 bits per heavy atom. The molecule has 0 aliphatic heterocycles. The monoisotopic (exact) mass is 259 g/mol. The van der Waals surface area contributed by atoms with Crippen molar-refractivity contribution in [1.82, 2.24) is 4.90 Å². The van der Waals surface area contributed by atoms with E-state index in [2.05, 4.69) is 11.5 Å². The van der Waals surface area contributed by atoms with Gasteiger partial charge in [0.15, 0.2) is 0 Å². The fourth-order valence-electron chi connectivity index (χ4n) is 1.52. The third-order valence-corrected chi connectivity index (χ3v) is 2.57. The van der Waals surface area contributed by atoms with E-state index in [9.17, 15) is 0 Å². The fourth-order valence-corrected chi connectivity index (χ4v) is 2.09. The van der Waals surface area contributed by atoms with Crippen molar-refractivity contribution in [3.05, 3.63) is 46.5 Å². The van der Waals surface area contributed by atoms with Crippen LogP contribution >= 0.6 is 23.2 Å². The maximum absolute atomic E-state index is 8.92. The SMILES string of the molecule is C=CCN(CCO)Cc1cc(Cl)cc(Cl)c1. The number of hydrogen-bond donors (Lipinski definition) is 1. The zero-order chi connectivity index (χ0) is 12.0. The molecule has 16 heavy (non-hydrogen) atoms. The molecule has 1 aromatic rings. The van der Waals surface area contributed by atoms with Crippen molar-refractivity contribution >= 4 is 23.2 Å². The summed E-state index contributed by atoms with van der Waals surface area (Å²) in [5.74, 6) is 0. The zero-order valence-corrected chi connectivity index (χ0v) is 10.5. The molecule has 4 heteroatoms. The van der Waals surface area contributed by atoms with Gasteiger partial charge in [-0.1, -0.05) is 29.3 Å². The molecule has 1 rings (SSSR count). The van der Waals surface area contributed by atoms with E-state index in [-0.39, 0.29) is 6.61 Å². The second-order valence-electron chi connectivity index (χ2n) is 3.53. The van der Waals surface area contributed by atoms with E-state index in [1.54, 1.807) is 6.07 Å². The maximum atomic E-state index is 8.92. The number of aliphatic hydroxyl groups excluding tert-OH is 1. The minimum absolute atomic E-state index is 0.127. The Morgan fingerprint density at radius 2 is 1.88 bits per heavy atom. The number of aliphatic hydroxyl groups is 1. The quantitative estimate of drug-likeness (QED) is 0.795. The van der Waals surface area contributed by atoms with Crippen LogP contribution in [0.4, 0.5) is 0 Å². The van der Waals surface area contributed by atoms with Crippen molar-refractivity contribution in [3.63, 3.8) is 0 Å². The Bertz CT molecular complexity index is 335. The lowest BCUT2D eigenvalue weighted by atomic mass is 10.2. The third-order valence-electron chi connectivity index (χ3n) is 2.13. The topological polar surface area (TPSA) is 23.5 Å². The van der Waals surface area contributed by atoms with Gasteiger partial charge in [-0.3, -0.25) is 4.90 Å². The molecular weight excluding hydrogens is 245 g/mol. The van der Waals surface area contributed by atoms with Crippen molar-refractivity contribution in [2.45, 2.75) is 6.54 Å². The van der Waals surface area contributed by atoms with Crippen LogP contribution in [0.1, 0.15) is 5.56 Å². The Balaban J connectivity index is 2.71. The van der Waals surface area contributed by atoms with Gasteiger partial charge in [0.05, 0.1) is 6.61 Å². The lowest BCUT2D eigenvalue weighted by Gasteiger charge is -2.19. The Hall–Kier alpha value is -0.540. The predicted molar refractivity (Wildman–Crippen MR) is 69.0 cm³/mol. The molecule has 2 nitrogen and oxygen atoms in total. The van der Waals surface area contributed by atoms with Gasteiger partial charge in [-0.25, -0.2) is 0 Å². The van der Waals surface area contributed by atoms with E-state index in [1.165, 1.54) is 0 Å². The van der Waals surface area contributed by atoms with Gasteiger partial charge in [-0.2, -0.15) is 0 Å².